The number of rotatable bonds is 1. The van der Waals surface area contributed by atoms with Crippen LogP contribution in [0.3, 0.4) is 0 Å². The van der Waals surface area contributed by atoms with E-state index in [1.54, 1.807) is 12.2 Å². The van der Waals surface area contributed by atoms with Crippen LogP contribution in [0.2, 0.25) is 0 Å². The summed E-state index contributed by atoms with van der Waals surface area (Å²) in [5.41, 5.74) is 0.798. The second-order valence-electron chi connectivity index (χ2n) is 3.14. The van der Waals surface area contributed by atoms with Gasteiger partial charge in [0.1, 0.15) is 5.76 Å². The van der Waals surface area contributed by atoms with Gasteiger partial charge in [-0.3, -0.25) is 4.79 Å². The molecule has 0 fully saturated rings. The minimum atomic E-state index is -1.47. The molecule has 0 bridgehead atoms. The van der Waals surface area contributed by atoms with Crippen LogP contribution in [-0.4, -0.2) is 24.0 Å². The van der Waals surface area contributed by atoms with Crippen LogP contribution >= 0.6 is 0 Å². The van der Waals surface area contributed by atoms with Crippen molar-refractivity contribution in [1.29, 1.82) is 0 Å². The maximum absolute atomic E-state index is 11.0. The Morgan fingerprint density at radius 3 is 3.14 bits per heavy atom. The van der Waals surface area contributed by atoms with Crippen molar-refractivity contribution in [3.63, 3.8) is 0 Å². The summed E-state index contributed by atoms with van der Waals surface area (Å²) in [4.78, 5) is 11.0. The molecule has 1 aliphatic carbocycles. The van der Waals surface area contributed by atoms with Gasteiger partial charge >= 0.3 is 5.97 Å². The lowest BCUT2D eigenvalue weighted by Crippen LogP contribution is -2.29. The minimum Gasteiger partial charge on any atom is -0.426 e. The summed E-state index contributed by atoms with van der Waals surface area (Å²) in [7, 11) is 1.38. The summed E-state index contributed by atoms with van der Waals surface area (Å²) in [6.45, 7) is 0. The van der Waals surface area contributed by atoms with Crippen LogP contribution in [0.4, 0.5) is 0 Å². The molecule has 4 nitrogen and oxygen atoms in total. The van der Waals surface area contributed by atoms with Crippen LogP contribution in [0.15, 0.2) is 35.6 Å². The maximum atomic E-state index is 11.0. The normalized spacial score (nSPS) is 30.3. The first-order chi connectivity index (χ1) is 6.63. The summed E-state index contributed by atoms with van der Waals surface area (Å²) in [6.07, 6.45) is 6.56. The van der Waals surface area contributed by atoms with Crippen molar-refractivity contribution in [3.8, 4) is 0 Å². The van der Waals surface area contributed by atoms with Crippen LogP contribution in [0.5, 0.6) is 0 Å². The third-order valence-corrected chi connectivity index (χ3v) is 2.16. The average molecular weight is 194 g/mol. The van der Waals surface area contributed by atoms with Crippen LogP contribution in [0.1, 0.15) is 6.42 Å². The molecule has 2 aliphatic rings. The van der Waals surface area contributed by atoms with Gasteiger partial charge < -0.3 is 14.6 Å². The van der Waals surface area contributed by atoms with Crippen molar-refractivity contribution in [3.05, 3.63) is 35.6 Å². The van der Waals surface area contributed by atoms with Crippen LogP contribution in [0, 0.1) is 0 Å². The zero-order chi connectivity index (χ0) is 10.2. The van der Waals surface area contributed by atoms with E-state index in [-0.39, 0.29) is 12.4 Å². The lowest BCUT2D eigenvalue weighted by atomic mass is 10.0. The molecule has 0 radical (unpaired) electrons. The Bertz CT molecular complexity index is 364. The Morgan fingerprint density at radius 1 is 1.64 bits per heavy atom. The third-order valence-electron chi connectivity index (χ3n) is 2.16. The number of aliphatic hydroxyl groups is 1. The number of allylic oxidation sites excluding steroid dienone is 1. The molecule has 1 unspecified atom stereocenters. The quantitative estimate of drug-likeness (QED) is 0.492. The number of ether oxygens (including phenoxy) is 2. The molecule has 14 heavy (non-hydrogen) atoms. The zero-order valence-corrected chi connectivity index (χ0v) is 7.69. The van der Waals surface area contributed by atoms with Gasteiger partial charge in [0.05, 0.1) is 6.42 Å². The molecule has 1 N–H and O–H groups in total. The Morgan fingerprint density at radius 2 is 2.43 bits per heavy atom. The average Bonchev–Trinajstić information content (AvgIpc) is 2.17. The number of hydrogen-bond acceptors (Lipinski definition) is 4. The fraction of sp³-hybridized carbons (Fsp3) is 0.300. The molecule has 1 atom stereocenters. The molecule has 1 heterocycles. The molecule has 0 saturated heterocycles. The first kappa shape index (κ1) is 9.18. The molecule has 0 aromatic heterocycles. The van der Waals surface area contributed by atoms with Gasteiger partial charge in [0.15, 0.2) is 0 Å². The summed E-state index contributed by atoms with van der Waals surface area (Å²) in [5, 5.41) is 9.70. The monoisotopic (exact) mass is 194 g/mol. The number of esters is 1. The van der Waals surface area contributed by atoms with Crippen molar-refractivity contribution < 1.29 is 19.4 Å². The topological polar surface area (TPSA) is 55.8 Å². The standard InChI is InChI=1S/C10H10O4/c1-13-10(12)5-4-7-2-3-9(11)14-8(7)6-10/h2,4-6,12H,3H2,1H3. The van der Waals surface area contributed by atoms with E-state index in [0.717, 1.165) is 5.57 Å². The number of carbonyl (C=O) groups excluding carboxylic acids is 1. The highest BCUT2D eigenvalue weighted by molar-refractivity contribution is 5.76. The van der Waals surface area contributed by atoms with Gasteiger partial charge in [-0.15, -0.1) is 0 Å². The third kappa shape index (κ3) is 1.49. The van der Waals surface area contributed by atoms with Gasteiger partial charge in [0.25, 0.3) is 0 Å². The van der Waals surface area contributed by atoms with Gasteiger partial charge in [-0.1, -0.05) is 6.08 Å². The van der Waals surface area contributed by atoms with Crippen molar-refractivity contribution in [1.82, 2.24) is 0 Å². The van der Waals surface area contributed by atoms with E-state index in [2.05, 4.69) is 0 Å². The van der Waals surface area contributed by atoms with Gasteiger partial charge in [0, 0.05) is 18.8 Å². The number of hydrogen-bond donors (Lipinski definition) is 1. The minimum absolute atomic E-state index is 0.266. The zero-order valence-electron chi connectivity index (χ0n) is 7.69. The van der Waals surface area contributed by atoms with Crippen molar-refractivity contribution >= 4 is 5.97 Å². The van der Waals surface area contributed by atoms with Crippen molar-refractivity contribution in [2.45, 2.75) is 12.2 Å². The summed E-state index contributed by atoms with van der Waals surface area (Å²) in [6, 6.07) is 0. The predicted octanol–water partition coefficient (Wildman–Crippen LogP) is 0.648. The Kier molecular flexibility index (Phi) is 2.02. The Balaban J connectivity index is 2.36. The fourth-order valence-electron chi connectivity index (χ4n) is 1.35. The van der Waals surface area contributed by atoms with Crippen molar-refractivity contribution in [2.75, 3.05) is 7.11 Å². The lowest BCUT2D eigenvalue weighted by Gasteiger charge is -2.26. The number of fused-ring (bicyclic) bond motifs is 1. The summed E-state index contributed by atoms with van der Waals surface area (Å²) < 4.78 is 9.79. The molecule has 0 aromatic carbocycles. The number of methoxy groups -OCH3 is 1. The SMILES string of the molecule is COC1(O)C=CC2=CCC(=O)OC2=C1. The Labute approximate surface area is 81.1 Å². The summed E-state index contributed by atoms with van der Waals surface area (Å²) >= 11 is 0. The highest BCUT2D eigenvalue weighted by Crippen LogP contribution is 2.29. The second-order valence-corrected chi connectivity index (χ2v) is 3.14. The first-order valence-corrected chi connectivity index (χ1v) is 4.24. The van der Waals surface area contributed by atoms with E-state index in [0.29, 0.717) is 5.76 Å². The highest BCUT2D eigenvalue weighted by Gasteiger charge is 2.28. The smallest absolute Gasteiger partial charge is 0.315 e. The van der Waals surface area contributed by atoms with Gasteiger partial charge in [-0.05, 0) is 12.2 Å². The molecule has 0 amide bonds. The van der Waals surface area contributed by atoms with Crippen LogP contribution < -0.4 is 0 Å². The molecule has 2 rings (SSSR count). The fourth-order valence-corrected chi connectivity index (χ4v) is 1.35. The molecule has 4 heteroatoms. The molecule has 1 aliphatic heterocycles. The van der Waals surface area contributed by atoms with Gasteiger partial charge in [-0.25, -0.2) is 0 Å². The van der Waals surface area contributed by atoms with Crippen LogP contribution in [0.25, 0.3) is 0 Å². The number of carbonyl (C=O) groups is 1. The molecule has 74 valence electrons. The van der Waals surface area contributed by atoms with E-state index in [1.807, 2.05) is 0 Å². The maximum Gasteiger partial charge on any atom is 0.315 e. The van der Waals surface area contributed by atoms with E-state index >= 15 is 0 Å². The molecular weight excluding hydrogens is 184 g/mol. The predicted molar refractivity (Wildman–Crippen MR) is 48.0 cm³/mol. The van der Waals surface area contributed by atoms with E-state index in [1.165, 1.54) is 19.3 Å². The largest absolute Gasteiger partial charge is 0.426 e. The van der Waals surface area contributed by atoms with Gasteiger partial charge in [-0.2, -0.15) is 0 Å². The molecule has 0 spiro atoms. The molecule has 0 aromatic rings. The van der Waals surface area contributed by atoms with E-state index in [4.69, 9.17) is 9.47 Å². The summed E-state index contributed by atoms with van der Waals surface area (Å²) in [5.74, 6) is -1.44. The Hall–Kier alpha value is -1.39. The van der Waals surface area contributed by atoms with E-state index < -0.39 is 5.79 Å². The van der Waals surface area contributed by atoms with Gasteiger partial charge in [0.2, 0.25) is 5.79 Å². The lowest BCUT2D eigenvalue weighted by molar-refractivity contribution is -0.140. The van der Waals surface area contributed by atoms with Crippen LogP contribution in [-0.2, 0) is 14.3 Å². The first-order valence-electron chi connectivity index (χ1n) is 4.24. The van der Waals surface area contributed by atoms with E-state index in [9.17, 15) is 9.90 Å². The van der Waals surface area contributed by atoms with Crippen molar-refractivity contribution in [2.24, 2.45) is 0 Å². The highest BCUT2D eigenvalue weighted by atomic mass is 16.6. The molecule has 0 saturated carbocycles. The second kappa shape index (κ2) is 3.08. The molecular formula is C10H10O4.